The number of hydrogen-bond donors (Lipinski definition) is 4. The zero-order chi connectivity index (χ0) is 20.1. The van der Waals surface area contributed by atoms with Crippen LogP contribution in [0.3, 0.4) is 0 Å². The van der Waals surface area contributed by atoms with Gasteiger partial charge in [0.05, 0.1) is 30.7 Å². The monoisotopic (exact) mass is 386 g/mol. The smallest absolute Gasteiger partial charge is 0.253 e. The number of amides is 2. The first-order valence-corrected chi connectivity index (χ1v) is 9.39. The molecular weight excluding hydrogens is 360 g/mol. The molecule has 2 aromatic rings. The molecule has 1 aromatic heterocycles. The molecule has 9 heteroatoms. The number of benzene rings is 1. The lowest BCUT2D eigenvalue weighted by Gasteiger charge is -2.27. The predicted octanol–water partition coefficient (Wildman–Crippen LogP) is 1.79. The third-order valence-electron chi connectivity index (χ3n) is 4.68. The number of aliphatic hydroxyl groups excluding tert-OH is 1. The number of nitrogens with one attached hydrogen (secondary N) is 2. The van der Waals surface area contributed by atoms with Crippen molar-refractivity contribution in [3.8, 4) is 0 Å². The van der Waals surface area contributed by atoms with Crippen molar-refractivity contribution in [2.75, 3.05) is 36.1 Å². The molecule has 5 N–H and O–H groups in total. The normalized spacial score (nSPS) is 14.0. The number of likely N-dealkylation sites (tertiary alicyclic amines) is 1. The number of hydrogen-bond acceptors (Lipinski definition) is 6. The molecule has 0 unspecified atom stereocenters. The van der Waals surface area contributed by atoms with Gasteiger partial charge in [0.1, 0.15) is 11.5 Å². The summed E-state index contributed by atoms with van der Waals surface area (Å²) in [5, 5.41) is 19.1. The molecule has 28 heavy (non-hydrogen) atoms. The molecule has 2 heterocycles. The highest BCUT2D eigenvalue weighted by molar-refractivity contribution is 6.00. The second kappa shape index (κ2) is 8.75. The van der Waals surface area contributed by atoms with Gasteiger partial charge in [-0.1, -0.05) is 0 Å². The summed E-state index contributed by atoms with van der Waals surface area (Å²) in [7, 11) is 0. The topological polar surface area (TPSA) is 126 Å². The van der Waals surface area contributed by atoms with E-state index < -0.39 is 0 Å². The third kappa shape index (κ3) is 4.42. The van der Waals surface area contributed by atoms with E-state index in [1.165, 1.54) is 11.6 Å². The van der Waals surface area contributed by atoms with Gasteiger partial charge < -0.3 is 26.4 Å². The van der Waals surface area contributed by atoms with Crippen LogP contribution in [0.25, 0.3) is 0 Å². The predicted molar refractivity (Wildman–Crippen MR) is 108 cm³/mol. The van der Waals surface area contributed by atoms with Crippen molar-refractivity contribution in [3.05, 3.63) is 30.0 Å². The quantitative estimate of drug-likeness (QED) is 0.600. The second-order valence-electron chi connectivity index (χ2n) is 6.81. The van der Waals surface area contributed by atoms with Crippen LogP contribution in [0.5, 0.6) is 0 Å². The number of rotatable bonds is 6. The molecule has 1 aromatic carbocycles. The standard InChI is InChI=1S/C19H26N6O3/c1-13(27)22-16-11-14(19(28)24-7-3-2-4-8-24)5-6-15(16)23-17-12-21-25(9-10-26)18(17)20/h5-6,11-12,23,26H,2-4,7-10,20H2,1H3,(H,22,27). The summed E-state index contributed by atoms with van der Waals surface area (Å²) >= 11 is 0. The van der Waals surface area contributed by atoms with E-state index in [4.69, 9.17) is 10.8 Å². The molecule has 0 bridgehead atoms. The molecule has 0 atom stereocenters. The molecule has 1 fully saturated rings. The highest BCUT2D eigenvalue weighted by atomic mass is 16.3. The molecule has 0 spiro atoms. The number of carbonyl (C=O) groups is 2. The molecule has 1 aliphatic rings. The Bertz CT molecular complexity index is 857. The van der Waals surface area contributed by atoms with Crippen molar-refractivity contribution in [2.45, 2.75) is 32.7 Å². The molecule has 1 saturated heterocycles. The van der Waals surface area contributed by atoms with Crippen LogP contribution in [0.1, 0.15) is 36.5 Å². The van der Waals surface area contributed by atoms with Gasteiger partial charge in [-0.15, -0.1) is 0 Å². The van der Waals surface area contributed by atoms with Crippen LogP contribution in [0, 0.1) is 0 Å². The Hall–Kier alpha value is -3.07. The Kier molecular flexibility index (Phi) is 6.15. The SMILES string of the molecule is CC(=O)Nc1cc(C(=O)N2CCCCC2)ccc1Nc1cnn(CCO)c1N. The summed E-state index contributed by atoms with van der Waals surface area (Å²) in [5.74, 6) is 0.0963. The van der Waals surface area contributed by atoms with E-state index in [1.807, 2.05) is 4.90 Å². The van der Waals surface area contributed by atoms with Gasteiger partial charge in [0.2, 0.25) is 5.91 Å². The lowest BCUT2D eigenvalue weighted by atomic mass is 10.1. The minimum absolute atomic E-state index is 0.0341. The van der Waals surface area contributed by atoms with Crippen molar-refractivity contribution in [3.63, 3.8) is 0 Å². The van der Waals surface area contributed by atoms with Gasteiger partial charge in [0, 0.05) is 25.6 Å². The van der Waals surface area contributed by atoms with Gasteiger partial charge in [-0.2, -0.15) is 5.10 Å². The summed E-state index contributed by atoms with van der Waals surface area (Å²) < 4.78 is 1.48. The fourth-order valence-electron chi connectivity index (χ4n) is 3.27. The minimum atomic E-state index is -0.241. The average Bonchev–Trinajstić information content (AvgIpc) is 3.03. The highest BCUT2D eigenvalue weighted by Crippen LogP contribution is 2.30. The Morgan fingerprint density at radius 3 is 2.61 bits per heavy atom. The largest absolute Gasteiger partial charge is 0.394 e. The summed E-state index contributed by atoms with van der Waals surface area (Å²) in [4.78, 5) is 26.3. The van der Waals surface area contributed by atoms with Crippen molar-refractivity contribution in [2.24, 2.45) is 0 Å². The van der Waals surface area contributed by atoms with E-state index in [1.54, 1.807) is 24.4 Å². The number of piperidine rings is 1. The number of aliphatic hydroxyl groups is 1. The molecule has 1 aliphatic heterocycles. The maximum atomic E-state index is 12.8. The van der Waals surface area contributed by atoms with Gasteiger partial charge >= 0.3 is 0 Å². The van der Waals surface area contributed by atoms with E-state index in [0.29, 0.717) is 28.4 Å². The van der Waals surface area contributed by atoms with Gasteiger partial charge in [0.25, 0.3) is 5.91 Å². The fourth-order valence-corrected chi connectivity index (χ4v) is 3.27. The van der Waals surface area contributed by atoms with Crippen molar-refractivity contribution in [1.29, 1.82) is 0 Å². The van der Waals surface area contributed by atoms with E-state index in [-0.39, 0.29) is 25.0 Å². The number of nitrogens with zero attached hydrogens (tertiary/aromatic N) is 3. The van der Waals surface area contributed by atoms with Crippen LogP contribution >= 0.6 is 0 Å². The Balaban J connectivity index is 1.86. The molecule has 0 radical (unpaired) electrons. The van der Waals surface area contributed by atoms with Crippen LogP contribution in [0.15, 0.2) is 24.4 Å². The molecule has 0 aliphatic carbocycles. The Morgan fingerprint density at radius 2 is 1.93 bits per heavy atom. The molecule has 9 nitrogen and oxygen atoms in total. The molecule has 0 saturated carbocycles. The lowest BCUT2D eigenvalue weighted by molar-refractivity contribution is -0.114. The second-order valence-corrected chi connectivity index (χ2v) is 6.81. The lowest BCUT2D eigenvalue weighted by Crippen LogP contribution is -2.35. The van der Waals surface area contributed by atoms with Crippen LogP contribution in [0.4, 0.5) is 22.9 Å². The zero-order valence-corrected chi connectivity index (χ0v) is 15.9. The summed E-state index contributed by atoms with van der Waals surface area (Å²) in [6.07, 6.45) is 4.73. The highest BCUT2D eigenvalue weighted by Gasteiger charge is 2.20. The first-order chi connectivity index (χ1) is 13.5. The summed E-state index contributed by atoms with van der Waals surface area (Å²) in [6, 6.07) is 5.15. The van der Waals surface area contributed by atoms with Gasteiger partial charge in [-0.25, -0.2) is 4.68 Å². The zero-order valence-electron chi connectivity index (χ0n) is 15.9. The van der Waals surface area contributed by atoms with E-state index in [9.17, 15) is 9.59 Å². The molecule has 3 rings (SSSR count). The summed E-state index contributed by atoms with van der Waals surface area (Å²) in [6.45, 7) is 3.14. The fraction of sp³-hybridized carbons (Fsp3) is 0.421. The molecular formula is C19H26N6O3. The van der Waals surface area contributed by atoms with E-state index in [2.05, 4.69) is 15.7 Å². The molecule has 150 valence electrons. The third-order valence-corrected chi connectivity index (χ3v) is 4.68. The maximum Gasteiger partial charge on any atom is 0.253 e. The minimum Gasteiger partial charge on any atom is -0.394 e. The number of anilines is 4. The number of carbonyl (C=O) groups excluding carboxylic acids is 2. The van der Waals surface area contributed by atoms with Gasteiger partial charge in [0.15, 0.2) is 0 Å². The number of aromatic nitrogens is 2. The van der Waals surface area contributed by atoms with E-state index >= 15 is 0 Å². The first kappa shape index (κ1) is 19.7. The maximum absolute atomic E-state index is 12.8. The summed E-state index contributed by atoms with van der Waals surface area (Å²) in [5.41, 5.74) is 8.21. The van der Waals surface area contributed by atoms with Crippen LogP contribution in [0.2, 0.25) is 0 Å². The van der Waals surface area contributed by atoms with Crippen molar-refractivity contribution in [1.82, 2.24) is 14.7 Å². The number of nitrogens with two attached hydrogens (primary N) is 1. The van der Waals surface area contributed by atoms with Crippen LogP contribution in [-0.4, -0.2) is 51.3 Å². The number of nitrogen functional groups attached to an aromatic ring is 1. The average molecular weight is 386 g/mol. The van der Waals surface area contributed by atoms with Crippen LogP contribution < -0.4 is 16.4 Å². The Labute approximate surface area is 163 Å². The van der Waals surface area contributed by atoms with Crippen molar-refractivity contribution < 1.29 is 14.7 Å². The Morgan fingerprint density at radius 1 is 1.18 bits per heavy atom. The van der Waals surface area contributed by atoms with Crippen molar-refractivity contribution >= 4 is 34.7 Å². The van der Waals surface area contributed by atoms with Gasteiger partial charge in [-0.3, -0.25) is 9.59 Å². The molecule has 2 amide bonds. The van der Waals surface area contributed by atoms with E-state index in [0.717, 1.165) is 32.4 Å². The van der Waals surface area contributed by atoms with Crippen LogP contribution in [-0.2, 0) is 11.3 Å². The van der Waals surface area contributed by atoms with Gasteiger partial charge in [-0.05, 0) is 37.5 Å². The first-order valence-electron chi connectivity index (χ1n) is 9.39.